The van der Waals surface area contributed by atoms with Crippen LogP contribution in [-0.2, 0) is 16.6 Å². The van der Waals surface area contributed by atoms with Gasteiger partial charge in [-0.2, -0.15) is 0 Å². The average molecular weight is 428 g/mol. The molecule has 0 fully saturated rings. The van der Waals surface area contributed by atoms with Crippen LogP contribution in [0.15, 0.2) is 71.6 Å². The third-order valence-electron chi connectivity index (χ3n) is 4.46. The normalized spacial score (nSPS) is 11.0. The summed E-state index contributed by atoms with van der Waals surface area (Å²) in [5.41, 5.74) is 1.86. The Morgan fingerprint density at radius 3 is 2.43 bits per heavy atom. The molecule has 0 atom stereocenters. The van der Waals surface area contributed by atoms with E-state index >= 15 is 0 Å². The summed E-state index contributed by atoms with van der Waals surface area (Å²) in [5, 5.41) is 2.70. The second-order valence-electron chi connectivity index (χ2n) is 6.62. The molecule has 0 aliphatic carbocycles. The lowest BCUT2D eigenvalue weighted by molar-refractivity contribution is 0.0951. The molecule has 156 valence electrons. The summed E-state index contributed by atoms with van der Waals surface area (Å²) >= 11 is 0. The SMILES string of the molecule is COc1ccc(S(=O)(=O)Nc2cc(C(=O)NCc3cccc(F)c3)ccc2C)cc1. The molecule has 3 aromatic carbocycles. The van der Waals surface area contributed by atoms with Crippen molar-refractivity contribution in [1.29, 1.82) is 0 Å². The first-order valence-corrected chi connectivity index (χ1v) is 10.6. The second-order valence-corrected chi connectivity index (χ2v) is 8.31. The number of rotatable bonds is 7. The first-order valence-electron chi connectivity index (χ1n) is 9.08. The average Bonchev–Trinajstić information content (AvgIpc) is 2.73. The van der Waals surface area contributed by atoms with Gasteiger partial charge in [-0.25, -0.2) is 12.8 Å². The highest BCUT2D eigenvalue weighted by atomic mass is 32.2. The molecule has 0 heterocycles. The van der Waals surface area contributed by atoms with Crippen molar-refractivity contribution in [2.45, 2.75) is 18.4 Å². The number of hydrogen-bond donors (Lipinski definition) is 2. The molecule has 0 aliphatic heterocycles. The molecule has 1 amide bonds. The van der Waals surface area contributed by atoms with Gasteiger partial charge in [-0.05, 0) is 66.6 Å². The van der Waals surface area contributed by atoms with Crippen LogP contribution in [0.4, 0.5) is 10.1 Å². The van der Waals surface area contributed by atoms with Crippen LogP contribution in [0.5, 0.6) is 5.75 Å². The Morgan fingerprint density at radius 2 is 1.77 bits per heavy atom. The molecule has 0 spiro atoms. The molecule has 30 heavy (non-hydrogen) atoms. The maximum atomic E-state index is 13.3. The number of anilines is 1. The molecule has 8 heteroatoms. The third kappa shape index (κ3) is 5.15. The van der Waals surface area contributed by atoms with Crippen LogP contribution in [0, 0.1) is 12.7 Å². The maximum absolute atomic E-state index is 13.3. The molecular weight excluding hydrogens is 407 g/mol. The molecule has 3 rings (SSSR count). The first-order chi connectivity index (χ1) is 14.3. The number of sulfonamides is 1. The number of hydrogen-bond acceptors (Lipinski definition) is 4. The summed E-state index contributed by atoms with van der Waals surface area (Å²) in [6, 6.07) is 16.6. The zero-order valence-electron chi connectivity index (χ0n) is 16.5. The van der Waals surface area contributed by atoms with Crippen LogP contribution in [0.2, 0.25) is 0 Å². The minimum Gasteiger partial charge on any atom is -0.497 e. The van der Waals surface area contributed by atoms with Crippen molar-refractivity contribution in [1.82, 2.24) is 5.32 Å². The lowest BCUT2D eigenvalue weighted by Crippen LogP contribution is -2.23. The van der Waals surface area contributed by atoms with E-state index in [0.717, 1.165) is 0 Å². The Balaban J connectivity index is 1.76. The Morgan fingerprint density at radius 1 is 1.03 bits per heavy atom. The summed E-state index contributed by atoms with van der Waals surface area (Å²) < 4.78 is 46.2. The van der Waals surface area contributed by atoms with E-state index in [9.17, 15) is 17.6 Å². The zero-order valence-corrected chi connectivity index (χ0v) is 17.3. The van der Waals surface area contributed by atoms with Gasteiger partial charge >= 0.3 is 0 Å². The number of methoxy groups -OCH3 is 1. The van der Waals surface area contributed by atoms with Gasteiger partial charge in [-0.3, -0.25) is 9.52 Å². The summed E-state index contributed by atoms with van der Waals surface area (Å²) in [5.74, 6) is -0.237. The minimum atomic E-state index is -3.84. The Kier molecular flexibility index (Phi) is 6.37. The quantitative estimate of drug-likeness (QED) is 0.598. The first kappa shape index (κ1) is 21.3. The molecule has 0 unspecified atom stereocenters. The van der Waals surface area contributed by atoms with Crippen LogP contribution in [0.1, 0.15) is 21.5 Å². The lowest BCUT2D eigenvalue weighted by Gasteiger charge is -2.13. The van der Waals surface area contributed by atoms with Crippen molar-refractivity contribution in [3.63, 3.8) is 0 Å². The van der Waals surface area contributed by atoms with Gasteiger partial charge in [-0.1, -0.05) is 18.2 Å². The summed E-state index contributed by atoms with van der Waals surface area (Å²) in [6.45, 7) is 1.89. The molecule has 6 nitrogen and oxygen atoms in total. The fraction of sp³-hybridized carbons (Fsp3) is 0.136. The highest BCUT2D eigenvalue weighted by molar-refractivity contribution is 7.92. The van der Waals surface area contributed by atoms with Crippen molar-refractivity contribution in [3.05, 3.63) is 89.2 Å². The van der Waals surface area contributed by atoms with E-state index in [1.807, 2.05) is 0 Å². The number of benzene rings is 3. The van der Waals surface area contributed by atoms with Crippen LogP contribution >= 0.6 is 0 Å². The number of aryl methyl sites for hydroxylation is 1. The van der Waals surface area contributed by atoms with Crippen molar-refractivity contribution in [2.24, 2.45) is 0 Å². The van der Waals surface area contributed by atoms with Crippen LogP contribution in [-0.4, -0.2) is 21.4 Å². The Labute approximate surface area is 174 Å². The molecule has 0 saturated heterocycles. The molecule has 0 radical (unpaired) electrons. The highest BCUT2D eigenvalue weighted by Gasteiger charge is 2.17. The smallest absolute Gasteiger partial charge is 0.261 e. The molecule has 0 aliphatic rings. The maximum Gasteiger partial charge on any atom is 0.261 e. The number of carbonyl (C=O) groups excluding carboxylic acids is 1. The van der Waals surface area contributed by atoms with E-state index < -0.39 is 15.9 Å². The number of ether oxygens (including phenoxy) is 1. The summed E-state index contributed by atoms with van der Waals surface area (Å²) in [4.78, 5) is 12.5. The molecular formula is C22H21FN2O4S. The molecule has 3 aromatic rings. The van der Waals surface area contributed by atoms with Gasteiger partial charge in [0.2, 0.25) is 0 Å². The van der Waals surface area contributed by atoms with E-state index in [1.54, 1.807) is 43.3 Å². The van der Waals surface area contributed by atoms with E-state index in [2.05, 4.69) is 10.0 Å². The number of amides is 1. The molecule has 0 saturated carbocycles. The topological polar surface area (TPSA) is 84.5 Å². The van der Waals surface area contributed by atoms with Crippen molar-refractivity contribution < 1.29 is 22.3 Å². The fourth-order valence-electron chi connectivity index (χ4n) is 2.76. The van der Waals surface area contributed by atoms with Crippen LogP contribution in [0.3, 0.4) is 0 Å². The van der Waals surface area contributed by atoms with Gasteiger partial charge in [0.15, 0.2) is 0 Å². The van der Waals surface area contributed by atoms with E-state index in [4.69, 9.17) is 4.74 Å². The molecule has 2 N–H and O–H groups in total. The van der Waals surface area contributed by atoms with Gasteiger partial charge in [0.1, 0.15) is 11.6 Å². The monoisotopic (exact) mass is 428 g/mol. The summed E-state index contributed by atoms with van der Waals surface area (Å²) in [6.07, 6.45) is 0. The van der Waals surface area contributed by atoms with E-state index in [-0.39, 0.29) is 22.8 Å². The third-order valence-corrected chi connectivity index (χ3v) is 5.84. The number of halogens is 1. The number of carbonyl (C=O) groups is 1. The van der Waals surface area contributed by atoms with Gasteiger partial charge in [0, 0.05) is 12.1 Å². The standard InChI is InChI=1S/C22H21FN2O4S/c1-15-6-7-17(22(26)24-14-16-4-3-5-18(23)12-16)13-21(15)25-30(27,28)20-10-8-19(29-2)9-11-20/h3-13,25H,14H2,1-2H3,(H,24,26). The van der Waals surface area contributed by atoms with Crippen LogP contribution < -0.4 is 14.8 Å². The van der Waals surface area contributed by atoms with Gasteiger partial charge in [0.05, 0.1) is 17.7 Å². The van der Waals surface area contributed by atoms with Crippen molar-refractivity contribution in [3.8, 4) is 5.75 Å². The fourth-order valence-corrected chi connectivity index (χ4v) is 3.88. The van der Waals surface area contributed by atoms with Crippen molar-refractivity contribution >= 4 is 21.6 Å². The minimum absolute atomic E-state index is 0.0728. The molecule has 0 aromatic heterocycles. The Bertz CT molecular complexity index is 1160. The van der Waals surface area contributed by atoms with E-state index in [0.29, 0.717) is 22.6 Å². The van der Waals surface area contributed by atoms with Gasteiger partial charge in [-0.15, -0.1) is 0 Å². The van der Waals surface area contributed by atoms with Gasteiger partial charge < -0.3 is 10.1 Å². The zero-order chi connectivity index (χ0) is 21.7. The van der Waals surface area contributed by atoms with Crippen molar-refractivity contribution in [2.75, 3.05) is 11.8 Å². The predicted molar refractivity (Wildman–Crippen MR) is 113 cm³/mol. The van der Waals surface area contributed by atoms with Crippen LogP contribution in [0.25, 0.3) is 0 Å². The molecule has 0 bridgehead atoms. The van der Waals surface area contributed by atoms with E-state index in [1.165, 1.54) is 37.4 Å². The summed E-state index contributed by atoms with van der Waals surface area (Å²) in [7, 11) is -2.35. The van der Waals surface area contributed by atoms with Gasteiger partial charge in [0.25, 0.3) is 15.9 Å². The number of nitrogens with one attached hydrogen (secondary N) is 2. The second kappa shape index (κ2) is 8.96. The highest BCUT2D eigenvalue weighted by Crippen LogP contribution is 2.23. The Hall–Kier alpha value is -3.39. The largest absolute Gasteiger partial charge is 0.497 e. The predicted octanol–water partition coefficient (Wildman–Crippen LogP) is 3.87. The lowest BCUT2D eigenvalue weighted by atomic mass is 10.1.